The van der Waals surface area contributed by atoms with Gasteiger partial charge in [0.15, 0.2) is 0 Å². The zero-order valence-corrected chi connectivity index (χ0v) is 12.2. The van der Waals surface area contributed by atoms with Crippen LogP contribution in [0, 0.1) is 0 Å². The number of nitrogens with zero attached hydrogens (tertiary/aromatic N) is 3. The monoisotopic (exact) mass is 264 g/mol. The summed E-state index contributed by atoms with van der Waals surface area (Å²) in [6.07, 6.45) is 1.64. The van der Waals surface area contributed by atoms with Gasteiger partial charge in [0.1, 0.15) is 12.1 Å². The van der Waals surface area contributed by atoms with Crippen LogP contribution in [0.4, 0.5) is 5.82 Å². The second kappa shape index (κ2) is 5.20. The largest absolute Gasteiger partial charge is 0.357 e. The molecule has 0 spiro atoms. The summed E-state index contributed by atoms with van der Waals surface area (Å²) in [6, 6.07) is 2.03. The predicted octanol–water partition coefficient (Wildman–Crippen LogP) is 2.52. The predicted molar refractivity (Wildman–Crippen MR) is 78.4 cm³/mol. The molecule has 98 valence electrons. The first kappa shape index (κ1) is 13.2. The zero-order valence-electron chi connectivity index (χ0n) is 11.4. The van der Waals surface area contributed by atoms with Crippen molar-refractivity contribution in [2.45, 2.75) is 26.3 Å². The van der Waals surface area contributed by atoms with Crippen molar-refractivity contribution in [1.29, 1.82) is 0 Å². The molecule has 0 aliphatic heterocycles. The van der Waals surface area contributed by atoms with Gasteiger partial charge in [-0.05, 0) is 32.2 Å². The SMILES string of the molecule is CN(CCNC(C)(C)C)c1ncnc2ccsc12. The third-order valence-electron chi connectivity index (χ3n) is 2.69. The fourth-order valence-electron chi connectivity index (χ4n) is 1.75. The highest BCUT2D eigenvalue weighted by molar-refractivity contribution is 7.17. The van der Waals surface area contributed by atoms with Crippen LogP contribution in [-0.4, -0.2) is 35.6 Å². The number of rotatable bonds is 4. The van der Waals surface area contributed by atoms with Gasteiger partial charge in [-0.15, -0.1) is 11.3 Å². The van der Waals surface area contributed by atoms with Crippen LogP contribution in [0.2, 0.25) is 0 Å². The van der Waals surface area contributed by atoms with Crippen molar-refractivity contribution in [3.8, 4) is 0 Å². The Morgan fingerprint density at radius 3 is 2.83 bits per heavy atom. The number of nitrogens with one attached hydrogen (secondary N) is 1. The molecule has 0 saturated heterocycles. The first-order valence-electron chi connectivity index (χ1n) is 6.12. The van der Waals surface area contributed by atoms with Crippen LogP contribution in [-0.2, 0) is 0 Å². The first-order chi connectivity index (χ1) is 8.47. The molecule has 18 heavy (non-hydrogen) atoms. The van der Waals surface area contributed by atoms with Crippen molar-refractivity contribution < 1.29 is 0 Å². The Balaban J connectivity index is 2.05. The van der Waals surface area contributed by atoms with Gasteiger partial charge < -0.3 is 10.2 Å². The Labute approximate surface area is 112 Å². The van der Waals surface area contributed by atoms with E-state index in [2.05, 4.69) is 53.4 Å². The number of thiophene rings is 1. The van der Waals surface area contributed by atoms with Gasteiger partial charge in [0, 0.05) is 25.7 Å². The van der Waals surface area contributed by atoms with Gasteiger partial charge in [0.25, 0.3) is 0 Å². The van der Waals surface area contributed by atoms with Crippen molar-refractivity contribution in [1.82, 2.24) is 15.3 Å². The zero-order chi connectivity index (χ0) is 13.2. The molecule has 0 fully saturated rings. The molecule has 0 aliphatic rings. The van der Waals surface area contributed by atoms with Crippen LogP contribution in [0.1, 0.15) is 20.8 Å². The molecule has 0 atom stereocenters. The Hall–Kier alpha value is -1.20. The highest BCUT2D eigenvalue weighted by Gasteiger charge is 2.11. The lowest BCUT2D eigenvalue weighted by Crippen LogP contribution is -2.40. The van der Waals surface area contributed by atoms with E-state index in [9.17, 15) is 0 Å². The molecular formula is C13H20N4S. The van der Waals surface area contributed by atoms with E-state index < -0.39 is 0 Å². The molecule has 0 aromatic carbocycles. The molecule has 0 aliphatic carbocycles. The quantitative estimate of drug-likeness (QED) is 0.921. The number of fused-ring (bicyclic) bond motifs is 1. The fourth-order valence-corrected chi connectivity index (χ4v) is 2.64. The van der Waals surface area contributed by atoms with Gasteiger partial charge in [-0.1, -0.05) is 0 Å². The lowest BCUT2D eigenvalue weighted by Gasteiger charge is -2.24. The van der Waals surface area contributed by atoms with Gasteiger partial charge in [-0.3, -0.25) is 0 Å². The molecule has 0 radical (unpaired) electrons. The van der Waals surface area contributed by atoms with Crippen molar-refractivity contribution >= 4 is 27.4 Å². The lowest BCUT2D eigenvalue weighted by atomic mass is 10.1. The van der Waals surface area contributed by atoms with Crippen LogP contribution in [0.15, 0.2) is 17.8 Å². The van der Waals surface area contributed by atoms with Gasteiger partial charge in [0.2, 0.25) is 0 Å². The Morgan fingerprint density at radius 1 is 1.33 bits per heavy atom. The first-order valence-corrected chi connectivity index (χ1v) is 7.00. The van der Waals surface area contributed by atoms with Crippen molar-refractivity contribution in [2.75, 3.05) is 25.0 Å². The molecule has 0 unspecified atom stereocenters. The third-order valence-corrected chi connectivity index (χ3v) is 3.59. The Morgan fingerprint density at radius 2 is 2.11 bits per heavy atom. The van der Waals surface area contributed by atoms with Gasteiger partial charge in [-0.25, -0.2) is 9.97 Å². The minimum atomic E-state index is 0.158. The average molecular weight is 264 g/mol. The fraction of sp³-hybridized carbons (Fsp3) is 0.538. The Bertz CT molecular complexity index is 515. The molecule has 2 rings (SSSR count). The number of anilines is 1. The molecule has 2 aromatic heterocycles. The standard InChI is InChI=1S/C13H20N4S/c1-13(2,3)16-6-7-17(4)12-11-10(5-8-18-11)14-9-15-12/h5,8-9,16H,6-7H2,1-4H3. The summed E-state index contributed by atoms with van der Waals surface area (Å²) in [4.78, 5) is 10.8. The minimum Gasteiger partial charge on any atom is -0.357 e. The number of aromatic nitrogens is 2. The molecule has 0 saturated carbocycles. The molecule has 0 amide bonds. The maximum absolute atomic E-state index is 4.39. The smallest absolute Gasteiger partial charge is 0.149 e. The Kier molecular flexibility index (Phi) is 3.82. The van der Waals surface area contributed by atoms with Crippen LogP contribution < -0.4 is 10.2 Å². The summed E-state index contributed by atoms with van der Waals surface area (Å²) in [5.74, 6) is 1.02. The third kappa shape index (κ3) is 3.17. The van der Waals surface area contributed by atoms with E-state index in [1.165, 1.54) is 0 Å². The van der Waals surface area contributed by atoms with Gasteiger partial charge in [-0.2, -0.15) is 0 Å². The van der Waals surface area contributed by atoms with E-state index in [1.54, 1.807) is 17.7 Å². The number of hydrogen-bond acceptors (Lipinski definition) is 5. The van der Waals surface area contributed by atoms with Gasteiger partial charge in [0.05, 0.1) is 10.2 Å². The van der Waals surface area contributed by atoms with Crippen LogP contribution in [0.5, 0.6) is 0 Å². The van der Waals surface area contributed by atoms with E-state index in [1.807, 2.05) is 6.07 Å². The average Bonchev–Trinajstić information content (AvgIpc) is 2.74. The van der Waals surface area contributed by atoms with E-state index in [0.29, 0.717) is 0 Å². The topological polar surface area (TPSA) is 41.0 Å². The normalized spacial score (nSPS) is 12.0. The highest BCUT2D eigenvalue weighted by Crippen LogP contribution is 2.26. The van der Waals surface area contributed by atoms with E-state index in [4.69, 9.17) is 0 Å². The molecule has 0 bridgehead atoms. The maximum Gasteiger partial charge on any atom is 0.149 e. The molecule has 2 heterocycles. The highest BCUT2D eigenvalue weighted by atomic mass is 32.1. The summed E-state index contributed by atoms with van der Waals surface area (Å²) >= 11 is 1.69. The van der Waals surface area contributed by atoms with Crippen LogP contribution >= 0.6 is 11.3 Å². The molecule has 5 heteroatoms. The van der Waals surface area contributed by atoms with E-state index >= 15 is 0 Å². The number of hydrogen-bond donors (Lipinski definition) is 1. The number of likely N-dealkylation sites (N-methyl/N-ethyl adjacent to an activating group) is 1. The van der Waals surface area contributed by atoms with Crippen molar-refractivity contribution in [3.63, 3.8) is 0 Å². The van der Waals surface area contributed by atoms with Crippen LogP contribution in [0.3, 0.4) is 0 Å². The van der Waals surface area contributed by atoms with E-state index in [-0.39, 0.29) is 5.54 Å². The summed E-state index contributed by atoms with van der Waals surface area (Å²) in [5, 5.41) is 5.54. The van der Waals surface area contributed by atoms with Crippen molar-refractivity contribution in [3.05, 3.63) is 17.8 Å². The molecular weight excluding hydrogens is 244 g/mol. The maximum atomic E-state index is 4.39. The van der Waals surface area contributed by atoms with Crippen molar-refractivity contribution in [2.24, 2.45) is 0 Å². The molecule has 4 nitrogen and oxygen atoms in total. The van der Waals surface area contributed by atoms with Gasteiger partial charge >= 0.3 is 0 Å². The molecule has 1 N–H and O–H groups in total. The van der Waals surface area contributed by atoms with Crippen LogP contribution in [0.25, 0.3) is 10.2 Å². The minimum absolute atomic E-state index is 0.158. The van der Waals surface area contributed by atoms with E-state index in [0.717, 1.165) is 29.1 Å². The molecule has 2 aromatic rings. The lowest BCUT2D eigenvalue weighted by molar-refractivity contribution is 0.430. The summed E-state index contributed by atoms with van der Waals surface area (Å²) < 4.78 is 1.16. The second-order valence-corrected chi connectivity index (χ2v) is 6.35. The second-order valence-electron chi connectivity index (χ2n) is 5.43. The summed E-state index contributed by atoms with van der Waals surface area (Å²) in [5.41, 5.74) is 1.19. The summed E-state index contributed by atoms with van der Waals surface area (Å²) in [7, 11) is 2.08. The summed E-state index contributed by atoms with van der Waals surface area (Å²) in [6.45, 7) is 8.40.